The van der Waals surface area contributed by atoms with E-state index in [0.29, 0.717) is 0 Å². The fourth-order valence-electron chi connectivity index (χ4n) is 0.481. The second kappa shape index (κ2) is 6.02. The number of ketones is 1. The maximum Gasteiger partial charge on any atom is 0.178 e. The summed E-state index contributed by atoms with van der Waals surface area (Å²) < 4.78 is 0. The van der Waals surface area contributed by atoms with E-state index in [1.165, 1.54) is 12.2 Å². The predicted octanol–water partition coefficient (Wildman–Crippen LogP) is 2.26. The average Bonchev–Trinajstić information content (AvgIpc) is 1.89. The number of rotatable bonds is 3. The summed E-state index contributed by atoms with van der Waals surface area (Å²) in [6.45, 7) is 3.73. The normalized spacial score (nSPS) is 12.2. The van der Waals surface area contributed by atoms with Gasteiger partial charge in [-0.3, -0.25) is 4.79 Å². The zero-order chi connectivity index (χ0) is 7.82. The quantitative estimate of drug-likeness (QED) is 0.429. The highest BCUT2D eigenvalue weighted by atomic mass is 16.1. The molecule has 0 saturated heterocycles. The lowest BCUT2D eigenvalue weighted by molar-refractivity contribution is -0.110. The van der Waals surface area contributed by atoms with Crippen LogP contribution in [0.2, 0.25) is 0 Å². The first-order chi connectivity index (χ1) is 4.81. The van der Waals surface area contributed by atoms with Gasteiger partial charge in [-0.15, -0.1) is 0 Å². The first-order valence-corrected chi connectivity index (χ1v) is 3.27. The maximum atomic E-state index is 10.7. The van der Waals surface area contributed by atoms with Crippen molar-refractivity contribution in [2.24, 2.45) is 0 Å². The Kier molecular flexibility index (Phi) is 5.35. The molecule has 0 saturated carbocycles. The highest BCUT2D eigenvalue weighted by Gasteiger charge is 1.81. The highest BCUT2D eigenvalue weighted by molar-refractivity contribution is 5.99. The third-order valence-electron chi connectivity index (χ3n) is 0.895. The molecular formula is C9H12O. The molecule has 54 valence electrons. The Morgan fingerprint density at radius 1 is 1.00 bits per heavy atom. The van der Waals surface area contributed by atoms with Gasteiger partial charge in [0.1, 0.15) is 0 Å². The van der Waals surface area contributed by atoms with Crippen LogP contribution in [0.15, 0.2) is 36.5 Å². The number of hydrogen-bond donors (Lipinski definition) is 0. The lowest BCUT2D eigenvalue weighted by Gasteiger charge is -1.77. The summed E-state index contributed by atoms with van der Waals surface area (Å²) in [6, 6.07) is 0. The number of allylic oxidation sites excluding steroid dienone is 6. The molecule has 0 unspecified atom stereocenters. The molecule has 0 amide bonds. The molecule has 0 N–H and O–H groups in total. The molecule has 0 heterocycles. The Labute approximate surface area is 61.8 Å². The van der Waals surface area contributed by atoms with E-state index < -0.39 is 0 Å². The molecule has 0 aliphatic carbocycles. The first kappa shape index (κ1) is 8.89. The Balaban J connectivity index is 3.78. The molecule has 0 rings (SSSR count). The van der Waals surface area contributed by atoms with Gasteiger partial charge >= 0.3 is 0 Å². The molecule has 0 fully saturated rings. The minimum atomic E-state index is 0.0283. The molecule has 1 nitrogen and oxygen atoms in total. The van der Waals surface area contributed by atoms with Gasteiger partial charge in [0.2, 0.25) is 0 Å². The monoisotopic (exact) mass is 136 g/mol. The van der Waals surface area contributed by atoms with Gasteiger partial charge in [-0.1, -0.05) is 24.3 Å². The van der Waals surface area contributed by atoms with Gasteiger partial charge in [-0.2, -0.15) is 0 Å². The molecule has 0 aromatic heterocycles. The van der Waals surface area contributed by atoms with Crippen molar-refractivity contribution in [3.63, 3.8) is 0 Å². The zero-order valence-corrected chi connectivity index (χ0v) is 6.37. The SMILES string of the molecule is C/C=C\C=C/C(=O)/C=C\C. The summed E-state index contributed by atoms with van der Waals surface area (Å²) in [4.78, 5) is 10.7. The van der Waals surface area contributed by atoms with E-state index in [4.69, 9.17) is 0 Å². The van der Waals surface area contributed by atoms with Crippen LogP contribution >= 0.6 is 0 Å². The zero-order valence-electron chi connectivity index (χ0n) is 6.37. The van der Waals surface area contributed by atoms with Crippen LogP contribution in [0.25, 0.3) is 0 Å². The van der Waals surface area contributed by atoms with Gasteiger partial charge in [-0.05, 0) is 26.0 Å². The van der Waals surface area contributed by atoms with E-state index >= 15 is 0 Å². The van der Waals surface area contributed by atoms with Gasteiger partial charge in [0.05, 0.1) is 0 Å². The van der Waals surface area contributed by atoms with E-state index in [-0.39, 0.29) is 5.78 Å². The van der Waals surface area contributed by atoms with E-state index in [2.05, 4.69) is 0 Å². The van der Waals surface area contributed by atoms with Crippen molar-refractivity contribution in [1.82, 2.24) is 0 Å². The fourth-order valence-corrected chi connectivity index (χ4v) is 0.481. The van der Waals surface area contributed by atoms with E-state index in [1.807, 2.05) is 26.0 Å². The van der Waals surface area contributed by atoms with Gasteiger partial charge in [0.25, 0.3) is 0 Å². The topological polar surface area (TPSA) is 17.1 Å². The second-order valence-corrected chi connectivity index (χ2v) is 1.79. The Morgan fingerprint density at radius 2 is 1.70 bits per heavy atom. The summed E-state index contributed by atoms with van der Waals surface area (Å²) in [5.41, 5.74) is 0. The smallest absolute Gasteiger partial charge is 0.178 e. The van der Waals surface area contributed by atoms with Crippen molar-refractivity contribution in [2.45, 2.75) is 13.8 Å². The van der Waals surface area contributed by atoms with Gasteiger partial charge in [0, 0.05) is 0 Å². The van der Waals surface area contributed by atoms with Crippen LogP contribution in [-0.2, 0) is 4.79 Å². The Hall–Kier alpha value is -1.11. The molecule has 0 bridgehead atoms. The molecule has 1 heteroatoms. The van der Waals surface area contributed by atoms with Crippen molar-refractivity contribution in [3.8, 4) is 0 Å². The van der Waals surface area contributed by atoms with Crippen molar-refractivity contribution in [2.75, 3.05) is 0 Å². The molecule has 0 aliphatic rings. The maximum absolute atomic E-state index is 10.7. The molecular weight excluding hydrogens is 124 g/mol. The molecule has 0 spiro atoms. The number of carbonyl (C=O) groups is 1. The Morgan fingerprint density at radius 3 is 2.20 bits per heavy atom. The van der Waals surface area contributed by atoms with E-state index in [1.54, 1.807) is 12.2 Å². The van der Waals surface area contributed by atoms with E-state index in [9.17, 15) is 4.79 Å². The predicted molar refractivity (Wildman–Crippen MR) is 43.8 cm³/mol. The lowest BCUT2D eigenvalue weighted by Crippen LogP contribution is -1.82. The molecule has 0 aliphatic heterocycles. The van der Waals surface area contributed by atoms with Crippen molar-refractivity contribution < 1.29 is 4.79 Å². The second-order valence-electron chi connectivity index (χ2n) is 1.79. The minimum absolute atomic E-state index is 0.0283. The summed E-state index contributed by atoms with van der Waals surface area (Å²) in [5.74, 6) is 0.0283. The summed E-state index contributed by atoms with van der Waals surface area (Å²) in [5, 5.41) is 0. The molecule has 0 aromatic rings. The van der Waals surface area contributed by atoms with Crippen LogP contribution in [0.4, 0.5) is 0 Å². The molecule has 10 heavy (non-hydrogen) atoms. The van der Waals surface area contributed by atoms with Gasteiger partial charge < -0.3 is 0 Å². The molecule has 0 radical (unpaired) electrons. The van der Waals surface area contributed by atoms with Crippen LogP contribution in [-0.4, -0.2) is 5.78 Å². The van der Waals surface area contributed by atoms with Crippen LogP contribution in [0.1, 0.15) is 13.8 Å². The third kappa shape index (κ3) is 5.04. The number of carbonyl (C=O) groups excluding carboxylic acids is 1. The van der Waals surface area contributed by atoms with Crippen molar-refractivity contribution in [3.05, 3.63) is 36.5 Å². The van der Waals surface area contributed by atoms with Crippen LogP contribution in [0.3, 0.4) is 0 Å². The molecule has 0 atom stereocenters. The van der Waals surface area contributed by atoms with E-state index in [0.717, 1.165) is 0 Å². The van der Waals surface area contributed by atoms with Crippen molar-refractivity contribution in [1.29, 1.82) is 0 Å². The van der Waals surface area contributed by atoms with Crippen LogP contribution in [0.5, 0.6) is 0 Å². The first-order valence-electron chi connectivity index (χ1n) is 3.27. The van der Waals surface area contributed by atoms with Crippen LogP contribution < -0.4 is 0 Å². The summed E-state index contributed by atoms with van der Waals surface area (Å²) >= 11 is 0. The van der Waals surface area contributed by atoms with Gasteiger partial charge in [0.15, 0.2) is 5.78 Å². The largest absolute Gasteiger partial charge is 0.290 e. The lowest BCUT2D eigenvalue weighted by atomic mass is 10.3. The highest BCUT2D eigenvalue weighted by Crippen LogP contribution is 1.81. The standard InChI is InChI=1S/C9H12O/c1-3-5-6-8-9(10)7-4-2/h3-8H,1-2H3/b5-3-,7-4-,8-6-. The fraction of sp³-hybridized carbons (Fsp3) is 0.222. The third-order valence-corrected chi connectivity index (χ3v) is 0.895. The summed E-state index contributed by atoms with van der Waals surface area (Å²) in [6.07, 6.45) is 10.2. The average molecular weight is 136 g/mol. The summed E-state index contributed by atoms with van der Waals surface area (Å²) in [7, 11) is 0. The molecule has 0 aromatic carbocycles. The van der Waals surface area contributed by atoms with Gasteiger partial charge in [-0.25, -0.2) is 0 Å². The van der Waals surface area contributed by atoms with Crippen molar-refractivity contribution >= 4 is 5.78 Å². The minimum Gasteiger partial charge on any atom is -0.290 e. The Bertz CT molecular complexity index is 173. The number of hydrogen-bond acceptors (Lipinski definition) is 1. The van der Waals surface area contributed by atoms with Crippen LogP contribution in [0, 0.1) is 0 Å².